The van der Waals surface area contributed by atoms with Crippen LogP contribution < -0.4 is 9.47 Å². The second kappa shape index (κ2) is 11.0. The molecule has 0 bridgehead atoms. The molecule has 0 heterocycles. The topological polar surface area (TPSA) is 74.2 Å². The summed E-state index contributed by atoms with van der Waals surface area (Å²) in [6.45, 7) is 5.36. The first-order chi connectivity index (χ1) is 14.0. The summed E-state index contributed by atoms with van der Waals surface area (Å²) in [6.07, 6.45) is 5.01. The fraction of sp³-hybridized carbons (Fsp3) is 0.261. The van der Waals surface area contributed by atoms with Gasteiger partial charge in [0.2, 0.25) is 0 Å². The summed E-state index contributed by atoms with van der Waals surface area (Å²) in [4.78, 5) is 13.0. The van der Waals surface area contributed by atoms with E-state index in [1.165, 1.54) is 20.3 Å². The zero-order chi connectivity index (χ0) is 21.2. The van der Waals surface area contributed by atoms with Gasteiger partial charge in [-0.15, -0.1) is 6.58 Å². The Balaban J connectivity index is 2.59. The monoisotopic (exact) mass is 398 g/mol. The van der Waals surface area contributed by atoms with E-state index in [0.717, 1.165) is 5.56 Å². The predicted octanol–water partition coefficient (Wildman–Crippen LogP) is 4.29. The molecule has 0 aliphatic rings. The van der Waals surface area contributed by atoms with Crippen LogP contribution in [0.3, 0.4) is 0 Å². The maximum Gasteiger partial charge on any atom is 0.193 e. The maximum absolute atomic E-state index is 13.0. The average molecular weight is 398 g/mol. The summed E-state index contributed by atoms with van der Waals surface area (Å²) < 4.78 is 21.3. The van der Waals surface area contributed by atoms with E-state index in [4.69, 9.17) is 18.9 Å². The van der Waals surface area contributed by atoms with Gasteiger partial charge < -0.3 is 24.1 Å². The van der Waals surface area contributed by atoms with Gasteiger partial charge in [-0.2, -0.15) is 0 Å². The van der Waals surface area contributed by atoms with Crippen LogP contribution >= 0.6 is 0 Å². The number of aromatic hydroxyl groups is 1. The third-order valence-corrected chi connectivity index (χ3v) is 4.17. The number of carbonyl (C=O) groups is 1. The van der Waals surface area contributed by atoms with Gasteiger partial charge in [-0.05, 0) is 25.0 Å². The SMILES string of the molecule is C=CCc1c(O)c(C(=O)/C=C/c2ccccc2)c(OCOC)c(C)c1OCOC. The summed E-state index contributed by atoms with van der Waals surface area (Å²) >= 11 is 0. The Bertz CT molecular complexity index is 871. The van der Waals surface area contributed by atoms with E-state index in [9.17, 15) is 9.90 Å². The van der Waals surface area contributed by atoms with Crippen LogP contribution in [0.2, 0.25) is 0 Å². The maximum atomic E-state index is 13.0. The Hall–Kier alpha value is -3.09. The molecule has 6 heteroatoms. The molecule has 0 fully saturated rings. The van der Waals surface area contributed by atoms with E-state index in [0.29, 0.717) is 23.3 Å². The van der Waals surface area contributed by atoms with Gasteiger partial charge in [-0.25, -0.2) is 0 Å². The normalized spacial score (nSPS) is 10.9. The fourth-order valence-corrected chi connectivity index (χ4v) is 2.88. The van der Waals surface area contributed by atoms with Crippen molar-refractivity contribution in [3.63, 3.8) is 0 Å². The van der Waals surface area contributed by atoms with Gasteiger partial charge in [0, 0.05) is 25.3 Å². The number of allylic oxidation sites excluding steroid dienone is 2. The first-order valence-electron chi connectivity index (χ1n) is 9.05. The van der Waals surface area contributed by atoms with Crippen LogP contribution in [0, 0.1) is 6.92 Å². The number of phenols is 1. The summed E-state index contributed by atoms with van der Waals surface area (Å²) in [5.74, 6) is -0.0236. The fourth-order valence-electron chi connectivity index (χ4n) is 2.88. The lowest BCUT2D eigenvalue weighted by atomic mass is 9.96. The van der Waals surface area contributed by atoms with Crippen molar-refractivity contribution >= 4 is 11.9 Å². The van der Waals surface area contributed by atoms with Crippen LogP contribution in [0.4, 0.5) is 0 Å². The summed E-state index contributed by atoms with van der Waals surface area (Å²) in [5.41, 5.74) is 1.91. The third kappa shape index (κ3) is 5.47. The molecule has 2 rings (SSSR count). The lowest BCUT2D eigenvalue weighted by Crippen LogP contribution is -2.11. The number of carbonyl (C=O) groups excluding carboxylic acids is 1. The van der Waals surface area contributed by atoms with Gasteiger partial charge in [0.1, 0.15) is 22.8 Å². The Morgan fingerprint density at radius 2 is 1.69 bits per heavy atom. The Kier molecular flexibility index (Phi) is 8.45. The lowest BCUT2D eigenvalue weighted by Gasteiger charge is -2.21. The molecule has 2 aromatic carbocycles. The van der Waals surface area contributed by atoms with Crippen LogP contribution in [0.15, 0.2) is 49.1 Å². The van der Waals surface area contributed by atoms with Crippen molar-refractivity contribution in [1.29, 1.82) is 0 Å². The molecule has 6 nitrogen and oxygen atoms in total. The highest BCUT2D eigenvalue weighted by atomic mass is 16.7. The molecule has 1 N–H and O–H groups in total. The molecule has 0 radical (unpaired) electrons. The number of hydrogen-bond acceptors (Lipinski definition) is 6. The van der Waals surface area contributed by atoms with Crippen molar-refractivity contribution in [2.45, 2.75) is 13.3 Å². The number of phenolic OH excluding ortho intramolecular Hbond substituents is 1. The van der Waals surface area contributed by atoms with Gasteiger partial charge in [-0.3, -0.25) is 4.79 Å². The smallest absolute Gasteiger partial charge is 0.193 e. The molecule has 0 aromatic heterocycles. The molecule has 0 atom stereocenters. The number of ketones is 1. The zero-order valence-corrected chi connectivity index (χ0v) is 16.9. The van der Waals surface area contributed by atoms with Gasteiger partial charge in [0.05, 0.1) is 0 Å². The molecule has 0 aliphatic carbocycles. The van der Waals surface area contributed by atoms with Gasteiger partial charge in [0.15, 0.2) is 19.4 Å². The number of methoxy groups -OCH3 is 2. The minimum absolute atomic E-state index is 0.0185. The van der Waals surface area contributed by atoms with Gasteiger partial charge in [-0.1, -0.05) is 42.5 Å². The van der Waals surface area contributed by atoms with E-state index in [-0.39, 0.29) is 30.6 Å². The molecular weight excluding hydrogens is 372 g/mol. The second-order valence-corrected chi connectivity index (χ2v) is 6.19. The molecule has 0 aliphatic heterocycles. The van der Waals surface area contributed by atoms with Crippen molar-refractivity contribution in [2.24, 2.45) is 0 Å². The van der Waals surface area contributed by atoms with E-state index in [1.54, 1.807) is 19.1 Å². The summed E-state index contributed by atoms with van der Waals surface area (Å²) in [6, 6.07) is 9.40. The van der Waals surface area contributed by atoms with E-state index in [1.807, 2.05) is 30.3 Å². The highest BCUT2D eigenvalue weighted by Gasteiger charge is 2.26. The minimum Gasteiger partial charge on any atom is -0.507 e. The van der Waals surface area contributed by atoms with Crippen molar-refractivity contribution in [1.82, 2.24) is 0 Å². The van der Waals surface area contributed by atoms with Crippen molar-refractivity contribution < 1.29 is 28.8 Å². The minimum atomic E-state index is -0.399. The Morgan fingerprint density at radius 3 is 2.28 bits per heavy atom. The predicted molar refractivity (Wildman–Crippen MR) is 112 cm³/mol. The first kappa shape index (κ1) is 22.2. The van der Waals surface area contributed by atoms with Gasteiger partial charge in [0.25, 0.3) is 0 Å². The molecule has 154 valence electrons. The average Bonchev–Trinajstić information content (AvgIpc) is 2.73. The molecule has 0 spiro atoms. The molecule has 2 aromatic rings. The molecule has 0 saturated heterocycles. The van der Waals surface area contributed by atoms with Crippen LogP contribution in [-0.4, -0.2) is 38.7 Å². The standard InChI is InChI=1S/C23H26O6/c1-5-9-18-21(25)20(19(24)13-12-17-10-7-6-8-11-17)23(29-15-27-4)16(2)22(18)28-14-26-3/h5-8,10-13,25H,1,9,14-15H2,2-4H3/b13-12+. The van der Waals surface area contributed by atoms with Crippen molar-refractivity contribution in [3.05, 3.63) is 71.3 Å². The van der Waals surface area contributed by atoms with Crippen LogP contribution in [0.25, 0.3) is 6.08 Å². The number of rotatable bonds is 11. The van der Waals surface area contributed by atoms with Crippen LogP contribution in [-0.2, 0) is 15.9 Å². The first-order valence-corrected chi connectivity index (χ1v) is 9.05. The van der Waals surface area contributed by atoms with Gasteiger partial charge >= 0.3 is 0 Å². The molecule has 29 heavy (non-hydrogen) atoms. The van der Waals surface area contributed by atoms with Crippen LogP contribution in [0.1, 0.15) is 27.0 Å². The molecular formula is C23H26O6. The zero-order valence-electron chi connectivity index (χ0n) is 16.9. The van der Waals surface area contributed by atoms with E-state index < -0.39 is 5.78 Å². The van der Waals surface area contributed by atoms with E-state index in [2.05, 4.69) is 6.58 Å². The van der Waals surface area contributed by atoms with Crippen LogP contribution in [0.5, 0.6) is 17.2 Å². The third-order valence-electron chi connectivity index (χ3n) is 4.17. The lowest BCUT2D eigenvalue weighted by molar-refractivity contribution is 0.0439. The Morgan fingerprint density at radius 1 is 1.07 bits per heavy atom. The largest absolute Gasteiger partial charge is 0.507 e. The molecule has 0 unspecified atom stereocenters. The van der Waals surface area contributed by atoms with Crippen molar-refractivity contribution in [2.75, 3.05) is 27.8 Å². The summed E-state index contributed by atoms with van der Waals surface area (Å²) in [7, 11) is 2.97. The highest BCUT2D eigenvalue weighted by molar-refractivity contribution is 6.11. The Labute approximate surface area is 171 Å². The van der Waals surface area contributed by atoms with E-state index >= 15 is 0 Å². The molecule has 0 amide bonds. The number of hydrogen-bond donors (Lipinski definition) is 1. The number of ether oxygens (including phenoxy) is 4. The second-order valence-electron chi connectivity index (χ2n) is 6.19. The number of benzene rings is 2. The quantitative estimate of drug-likeness (QED) is 0.263. The molecule has 0 saturated carbocycles. The van der Waals surface area contributed by atoms with Crippen molar-refractivity contribution in [3.8, 4) is 17.2 Å². The highest BCUT2D eigenvalue weighted by Crippen LogP contribution is 2.43. The summed E-state index contributed by atoms with van der Waals surface area (Å²) in [5, 5.41) is 10.9.